The van der Waals surface area contributed by atoms with Crippen molar-refractivity contribution in [3.8, 4) is 16.9 Å². The summed E-state index contributed by atoms with van der Waals surface area (Å²) in [5, 5.41) is 3.09. The van der Waals surface area contributed by atoms with Crippen molar-refractivity contribution in [2.75, 3.05) is 20.2 Å². The van der Waals surface area contributed by atoms with Gasteiger partial charge in [-0.2, -0.15) is 0 Å². The van der Waals surface area contributed by atoms with E-state index in [1.54, 1.807) is 12.0 Å². The number of ether oxygens (including phenoxy) is 1. The van der Waals surface area contributed by atoms with Gasteiger partial charge in [0.05, 0.1) is 7.11 Å². The number of nitrogens with zero attached hydrogens (tertiary/aromatic N) is 1. The number of nitrogens with one attached hydrogen (secondary N) is 1. The number of rotatable bonds is 5. The van der Waals surface area contributed by atoms with Gasteiger partial charge in [0.1, 0.15) is 5.75 Å². The molecule has 3 rings (SSSR count). The van der Waals surface area contributed by atoms with Crippen molar-refractivity contribution in [2.24, 2.45) is 0 Å². The lowest BCUT2D eigenvalue weighted by Gasteiger charge is -2.31. The first-order valence-electron chi connectivity index (χ1n) is 9.07. The molecule has 0 bridgehead atoms. The number of hydrogen-bond donors (Lipinski definition) is 1. The molecule has 140 valence electrons. The highest BCUT2D eigenvalue weighted by atomic mass is 16.5. The largest absolute Gasteiger partial charge is 0.497 e. The fourth-order valence-corrected chi connectivity index (χ4v) is 3.28. The second-order valence-corrected chi connectivity index (χ2v) is 6.59. The number of carbonyl (C=O) groups excluding carboxylic acids is 2. The Kier molecular flexibility index (Phi) is 5.91. The fraction of sp³-hybridized carbons (Fsp3) is 0.273. The van der Waals surface area contributed by atoms with Crippen LogP contribution < -0.4 is 10.1 Å². The monoisotopic (exact) mass is 364 g/mol. The summed E-state index contributed by atoms with van der Waals surface area (Å²) in [4.78, 5) is 26.1. The number of carbonyl (C=O) groups is 2. The molecule has 5 heteroatoms. The minimum atomic E-state index is -0.0896. The van der Waals surface area contributed by atoms with Crippen LogP contribution in [0, 0.1) is 0 Å². The molecule has 0 atom stereocenters. The molecule has 2 aromatic rings. The van der Waals surface area contributed by atoms with E-state index in [1.165, 1.54) is 6.08 Å². The molecule has 1 aliphatic rings. The highest BCUT2D eigenvalue weighted by Gasteiger charge is 2.23. The molecular formula is C22H24N2O3. The predicted molar refractivity (Wildman–Crippen MR) is 106 cm³/mol. The van der Waals surface area contributed by atoms with E-state index in [-0.39, 0.29) is 17.9 Å². The van der Waals surface area contributed by atoms with Crippen molar-refractivity contribution in [2.45, 2.75) is 18.9 Å². The van der Waals surface area contributed by atoms with Crippen LogP contribution in [-0.2, 0) is 4.79 Å². The molecular weight excluding hydrogens is 340 g/mol. The zero-order valence-corrected chi connectivity index (χ0v) is 15.5. The van der Waals surface area contributed by atoms with E-state index >= 15 is 0 Å². The summed E-state index contributed by atoms with van der Waals surface area (Å²) in [6, 6.07) is 15.4. The zero-order valence-electron chi connectivity index (χ0n) is 15.5. The van der Waals surface area contributed by atoms with Gasteiger partial charge < -0.3 is 15.0 Å². The van der Waals surface area contributed by atoms with Crippen LogP contribution in [0.15, 0.2) is 61.2 Å². The average Bonchev–Trinajstić information content (AvgIpc) is 2.73. The number of amides is 2. The van der Waals surface area contributed by atoms with Crippen LogP contribution in [0.1, 0.15) is 23.2 Å². The quantitative estimate of drug-likeness (QED) is 0.829. The van der Waals surface area contributed by atoms with Crippen molar-refractivity contribution in [1.29, 1.82) is 0 Å². The van der Waals surface area contributed by atoms with E-state index in [0.29, 0.717) is 18.7 Å². The second kappa shape index (κ2) is 8.54. The normalized spacial score (nSPS) is 14.5. The molecule has 1 aliphatic heterocycles. The third-order valence-corrected chi connectivity index (χ3v) is 4.84. The van der Waals surface area contributed by atoms with Gasteiger partial charge in [0.15, 0.2) is 0 Å². The second-order valence-electron chi connectivity index (χ2n) is 6.59. The SMILES string of the molecule is C=CC(=O)N1CCC(NC(=O)c2cccc(-c3cccc(OC)c3)c2)CC1. The number of benzene rings is 2. The number of piperidine rings is 1. The minimum Gasteiger partial charge on any atom is -0.497 e. The summed E-state index contributed by atoms with van der Waals surface area (Å²) in [7, 11) is 1.64. The third-order valence-electron chi connectivity index (χ3n) is 4.84. The molecule has 2 aromatic carbocycles. The van der Waals surface area contributed by atoms with Gasteiger partial charge in [0.25, 0.3) is 5.91 Å². The van der Waals surface area contributed by atoms with Crippen molar-refractivity contribution in [3.05, 3.63) is 66.7 Å². The maximum atomic E-state index is 12.7. The molecule has 27 heavy (non-hydrogen) atoms. The molecule has 5 nitrogen and oxygen atoms in total. The van der Waals surface area contributed by atoms with Gasteiger partial charge in [-0.25, -0.2) is 0 Å². The van der Waals surface area contributed by atoms with Crippen LogP contribution in [0.25, 0.3) is 11.1 Å². The Hall–Kier alpha value is -3.08. The van der Waals surface area contributed by atoms with E-state index in [2.05, 4.69) is 11.9 Å². The minimum absolute atomic E-state index is 0.0502. The van der Waals surface area contributed by atoms with Crippen LogP contribution in [0.2, 0.25) is 0 Å². The van der Waals surface area contributed by atoms with Crippen LogP contribution in [-0.4, -0.2) is 43.0 Å². The number of likely N-dealkylation sites (tertiary alicyclic amines) is 1. The van der Waals surface area contributed by atoms with Gasteiger partial charge in [0, 0.05) is 24.7 Å². The van der Waals surface area contributed by atoms with Gasteiger partial charge in [-0.3, -0.25) is 9.59 Å². The first-order chi connectivity index (χ1) is 13.1. The Morgan fingerprint density at radius 1 is 1.11 bits per heavy atom. The lowest BCUT2D eigenvalue weighted by Crippen LogP contribution is -2.46. The van der Waals surface area contributed by atoms with Crippen LogP contribution in [0.4, 0.5) is 0 Å². The Bertz CT molecular complexity index is 839. The van der Waals surface area contributed by atoms with Crippen molar-refractivity contribution < 1.29 is 14.3 Å². The van der Waals surface area contributed by atoms with Gasteiger partial charge >= 0.3 is 0 Å². The average molecular weight is 364 g/mol. The van der Waals surface area contributed by atoms with Gasteiger partial charge in [-0.15, -0.1) is 0 Å². The van der Waals surface area contributed by atoms with E-state index in [0.717, 1.165) is 29.7 Å². The Morgan fingerprint density at radius 3 is 2.44 bits per heavy atom. The van der Waals surface area contributed by atoms with E-state index in [4.69, 9.17) is 4.74 Å². The standard InChI is InChI=1S/C22H24N2O3/c1-3-21(25)24-12-10-19(11-13-24)23-22(26)18-8-4-6-16(14-18)17-7-5-9-20(15-17)27-2/h3-9,14-15,19H,1,10-13H2,2H3,(H,23,26). The molecule has 1 fully saturated rings. The van der Waals surface area contributed by atoms with Crippen molar-refractivity contribution in [1.82, 2.24) is 10.2 Å². The summed E-state index contributed by atoms with van der Waals surface area (Å²) >= 11 is 0. The lowest BCUT2D eigenvalue weighted by atomic mass is 10.0. The van der Waals surface area contributed by atoms with E-state index in [1.807, 2.05) is 48.5 Å². The van der Waals surface area contributed by atoms with Crippen molar-refractivity contribution in [3.63, 3.8) is 0 Å². The molecule has 1 N–H and O–H groups in total. The van der Waals surface area contributed by atoms with E-state index in [9.17, 15) is 9.59 Å². The molecule has 0 unspecified atom stereocenters. The highest BCUT2D eigenvalue weighted by molar-refractivity contribution is 5.95. The molecule has 0 aromatic heterocycles. The topological polar surface area (TPSA) is 58.6 Å². The fourth-order valence-electron chi connectivity index (χ4n) is 3.28. The van der Waals surface area contributed by atoms with E-state index < -0.39 is 0 Å². The summed E-state index contributed by atoms with van der Waals surface area (Å²) in [6.45, 7) is 4.80. The Balaban J connectivity index is 1.66. The Morgan fingerprint density at radius 2 is 1.78 bits per heavy atom. The van der Waals surface area contributed by atoms with Gasteiger partial charge in [0.2, 0.25) is 5.91 Å². The summed E-state index contributed by atoms with van der Waals surface area (Å²) < 4.78 is 5.27. The van der Waals surface area contributed by atoms with Crippen molar-refractivity contribution >= 4 is 11.8 Å². The third kappa shape index (κ3) is 4.56. The first-order valence-corrected chi connectivity index (χ1v) is 9.07. The molecule has 2 amide bonds. The maximum Gasteiger partial charge on any atom is 0.251 e. The lowest BCUT2D eigenvalue weighted by molar-refractivity contribution is -0.127. The smallest absolute Gasteiger partial charge is 0.251 e. The van der Waals surface area contributed by atoms with Gasteiger partial charge in [-0.05, 0) is 54.3 Å². The Labute approximate surface area is 159 Å². The molecule has 0 aliphatic carbocycles. The molecule has 1 heterocycles. The van der Waals surface area contributed by atoms with Gasteiger partial charge in [-0.1, -0.05) is 30.8 Å². The molecule has 0 saturated carbocycles. The zero-order chi connectivity index (χ0) is 19.2. The number of methoxy groups -OCH3 is 1. The summed E-state index contributed by atoms with van der Waals surface area (Å²) in [5.41, 5.74) is 2.59. The molecule has 0 spiro atoms. The number of hydrogen-bond acceptors (Lipinski definition) is 3. The molecule has 0 radical (unpaired) electrons. The highest BCUT2D eigenvalue weighted by Crippen LogP contribution is 2.24. The first kappa shape index (κ1) is 18.7. The van der Waals surface area contributed by atoms with Crippen LogP contribution in [0.3, 0.4) is 0 Å². The summed E-state index contributed by atoms with van der Waals surface area (Å²) in [5.74, 6) is 0.641. The summed E-state index contributed by atoms with van der Waals surface area (Å²) in [6.07, 6.45) is 2.84. The van der Waals surface area contributed by atoms with Crippen LogP contribution in [0.5, 0.6) is 5.75 Å². The van der Waals surface area contributed by atoms with Crippen LogP contribution >= 0.6 is 0 Å². The maximum absolute atomic E-state index is 12.7. The molecule has 1 saturated heterocycles. The predicted octanol–water partition coefficient (Wildman–Crippen LogP) is 3.27.